The molecule has 0 saturated heterocycles. The van der Waals surface area contributed by atoms with Crippen LogP contribution in [0.4, 0.5) is 0 Å². The molecule has 0 saturated carbocycles. The third-order valence-corrected chi connectivity index (χ3v) is 2.55. The van der Waals surface area contributed by atoms with Crippen LogP contribution in [0.1, 0.15) is 0 Å². The fourth-order valence-electron chi connectivity index (χ4n) is 0.840. The van der Waals surface area contributed by atoms with Gasteiger partial charge in [-0.3, -0.25) is 4.79 Å². The fraction of sp³-hybridized carbons (Fsp3) is 0.714. The molecule has 1 N–H and O–H groups in total. The van der Waals surface area contributed by atoms with Gasteiger partial charge in [0.2, 0.25) is 5.16 Å². The van der Waals surface area contributed by atoms with Gasteiger partial charge < -0.3 is 10.1 Å². The van der Waals surface area contributed by atoms with Crippen LogP contribution < -0.4 is 5.32 Å². The average Bonchev–Trinajstić information content (AvgIpc) is 2.70. The van der Waals surface area contributed by atoms with E-state index in [1.807, 2.05) is 7.05 Å². The molecular formula is C7H13N5O2S. The highest BCUT2D eigenvalue weighted by atomic mass is 32.2. The van der Waals surface area contributed by atoms with Crippen LogP contribution in [-0.2, 0) is 16.1 Å². The van der Waals surface area contributed by atoms with Crippen molar-refractivity contribution in [2.75, 3.05) is 26.5 Å². The number of carbonyl (C=O) groups excluding carboxylic acids is 1. The van der Waals surface area contributed by atoms with E-state index < -0.39 is 0 Å². The minimum absolute atomic E-state index is 0.219. The monoisotopic (exact) mass is 231 g/mol. The summed E-state index contributed by atoms with van der Waals surface area (Å²) in [6.45, 7) is 1.45. The van der Waals surface area contributed by atoms with Crippen molar-refractivity contribution in [2.45, 2.75) is 11.7 Å². The van der Waals surface area contributed by atoms with Crippen LogP contribution in [0.5, 0.6) is 0 Å². The van der Waals surface area contributed by atoms with E-state index in [0.29, 0.717) is 11.7 Å². The van der Waals surface area contributed by atoms with Crippen LogP contribution in [0.3, 0.4) is 0 Å². The summed E-state index contributed by atoms with van der Waals surface area (Å²) in [5.41, 5.74) is 0. The first-order valence-corrected chi connectivity index (χ1v) is 5.37. The van der Waals surface area contributed by atoms with Crippen molar-refractivity contribution in [3.8, 4) is 0 Å². The second-order valence-electron chi connectivity index (χ2n) is 2.65. The molecule has 1 heterocycles. The number of aromatic nitrogens is 4. The van der Waals surface area contributed by atoms with E-state index in [9.17, 15) is 4.79 Å². The Bertz CT molecular complexity index is 316. The number of nitrogens with one attached hydrogen (secondary N) is 1. The summed E-state index contributed by atoms with van der Waals surface area (Å²) in [5, 5.41) is 14.8. The lowest BCUT2D eigenvalue weighted by Gasteiger charge is -2.02. The molecular weight excluding hydrogens is 218 g/mol. The number of hydrogen-bond acceptors (Lipinski definition) is 7. The molecule has 0 unspecified atom stereocenters. The molecule has 0 spiro atoms. The first-order valence-electron chi connectivity index (χ1n) is 4.38. The van der Waals surface area contributed by atoms with Crippen molar-refractivity contribution in [3.05, 3.63) is 0 Å². The van der Waals surface area contributed by atoms with Crippen LogP contribution in [0, 0.1) is 0 Å². The molecule has 0 aliphatic carbocycles. The molecule has 0 fully saturated rings. The maximum absolute atomic E-state index is 10.9. The quantitative estimate of drug-likeness (QED) is 0.505. The largest absolute Gasteiger partial charge is 0.468 e. The lowest BCUT2D eigenvalue weighted by Crippen LogP contribution is -2.16. The summed E-state index contributed by atoms with van der Waals surface area (Å²) in [7, 11) is 3.21. The number of hydrogen-bond donors (Lipinski definition) is 1. The highest BCUT2D eigenvalue weighted by Gasteiger charge is 2.09. The lowest BCUT2D eigenvalue weighted by molar-refractivity contribution is -0.137. The Morgan fingerprint density at radius 2 is 2.47 bits per heavy atom. The molecule has 0 aliphatic heterocycles. The average molecular weight is 231 g/mol. The summed E-state index contributed by atoms with van der Waals surface area (Å²) < 4.78 is 6.16. The number of likely N-dealkylation sites (N-methyl/N-ethyl adjacent to an activating group) is 1. The SMILES string of the molecule is CNCCn1nnnc1SCC(=O)OC. The zero-order chi connectivity index (χ0) is 11.1. The van der Waals surface area contributed by atoms with E-state index in [1.165, 1.54) is 18.9 Å². The second-order valence-corrected chi connectivity index (χ2v) is 3.60. The summed E-state index contributed by atoms with van der Waals surface area (Å²) >= 11 is 1.26. The Labute approximate surface area is 91.6 Å². The Kier molecular flexibility index (Phi) is 5.05. The third-order valence-electron chi connectivity index (χ3n) is 1.62. The van der Waals surface area contributed by atoms with Crippen molar-refractivity contribution in [1.29, 1.82) is 0 Å². The standard InChI is InChI=1S/C7H13N5O2S/c1-8-3-4-12-7(9-10-11-12)15-5-6(13)14-2/h8H,3-5H2,1-2H3. The molecule has 1 rings (SSSR count). The second kappa shape index (κ2) is 6.36. The van der Waals surface area contributed by atoms with Gasteiger partial charge in [0.05, 0.1) is 19.4 Å². The first kappa shape index (κ1) is 11.9. The summed E-state index contributed by atoms with van der Waals surface area (Å²) in [6.07, 6.45) is 0. The van der Waals surface area contributed by atoms with E-state index >= 15 is 0 Å². The van der Waals surface area contributed by atoms with Gasteiger partial charge in [0, 0.05) is 6.54 Å². The predicted molar refractivity (Wildman–Crippen MR) is 54.5 cm³/mol. The van der Waals surface area contributed by atoms with Crippen molar-refractivity contribution < 1.29 is 9.53 Å². The van der Waals surface area contributed by atoms with Crippen molar-refractivity contribution >= 4 is 17.7 Å². The van der Waals surface area contributed by atoms with Gasteiger partial charge in [-0.25, -0.2) is 4.68 Å². The molecule has 1 aromatic heterocycles. The van der Waals surface area contributed by atoms with Gasteiger partial charge in [-0.2, -0.15) is 0 Å². The first-order chi connectivity index (χ1) is 7.27. The minimum atomic E-state index is -0.289. The number of methoxy groups -OCH3 is 1. The number of rotatable bonds is 6. The van der Waals surface area contributed by atoms with Crippen LogP contribution in [0.15, 0.2) is 5.16 Å². The zero-order valence-electron chi connectivity index (χ0n) is 8.63. The Balaban J connectivity index is 2.45. The highest BCUT2D eigenvalue weighted by Crippen LogP contribution is 2.12. The molecule has 0 aliphatic rings. The Morgan fingerprint density at radius 1 is 1.67 bits per heavy atom. The maximum atomic E-state index is 10.9. The smallest absolute Gasteiger partial charge is 0.316 e. The maximum Gasteiger partial charge on any atom is 0.316 e. The van der Waals surface area contributed by atoms with Crippen LogP contribution >= 0.6 is 11.8 Å². The van der Waals surface area contributed by atoms with Crippen LogP contribution in [-0.4, -0.2) is 52.6 Å². The Hall–Kier alpha value is -1.15. The van der Waals surface area contributed by atoms with Gasteiger partial charge in [0.15, 0.2) is 0 Å². The highest BCUT2D eigenvalue weighted by molar-refractivity contribution is 7.99. The number of thioether (sulfide) groups is 1. The number of tetrazole rings is 1. The van der Waals surface area contributed by atoms with E-state index in [2.05, 4.69) is 25.6 Å². The minimum Gasteiger partial charge on any atom is -0.468 e. The summed E-state index contributed by atoms with van der Waals surface area (Å²) in [4.78, 5) is 10.9. The van der Waals surface area contributed by atoms with Crippen molar-refractivity contribution in [1.82, 2.24) is 25.5 Å². The van der Waals surface area contributed by atoms with Gasteiger partial charge >= 0.3 is 5.97 Å². The predicted octanol–water partition coefficient (Wildman–Crippen LogP) is -0.842. The zero-order valence-corrected chi connectivity index (χ0v) is 9.45. The molecule has 0 bridgehead atoms. The summed E-state index contributed by atoms with van der Waals surface area (Å²) in [5.74, 6) is -0.0701. The number of carbonyl (C=O) groups is 1. The Morgan fingerprint density at radius 3 is 3.13 bits per heavy atom. The molecule has 8 heteroatoms. The van der Waals surface area contributed by atoms with Gasteiger partial charge in [-0.1, -0.05) is 11.8 Å². The van der Waals surface area contributed by atoms with E-state index in [1.54, 1.807) is 4.68 Å². The number of esters is 1. The molecule has 15 heavy (non-hydrogen) atoms. The summed E-state index contributed by atoms with van der Waals surface area (Å²) in [6, 6.07) is 0. The van der Waals surface area contributed by atoms with Gasteiger partial charge in [-0.15, -0.1) is 5.10 Å². The van der Waals surface area contributed by atoms with E-state index in [-0.39, 0.29) is 11.7 Å². The molecule has 1 aromatic rings. The molecule has 0 atom stereocenters. The molecule has 0 radical (unpaired) electrons. The van der Waals surface area contributed by atoms with Gasteiger partial charge in [0.25, 0.3) is 0 Å². The van der Waals surface area contributed by atoms with Gasteiger partial charge in [-0.05, 0) is 17.5 Å². The van der Waals surface area contributed by atoms with Crippen molar-refractivity contribution in [3.63, 3.8) is 0 Å². The molecule has 0 amide bonds. The van der Waals surface area contributed by atoms with Gasteiger partial charge in [0.1, 0.15) is 0 Å². The molecule has 7 nitrogen and oxygen atoms in total. The fourth-order valence-corrected chi connectivity index (χ4v) is 1.58. The topological polar surface area (TPSA) is 81.9 Å². The van der Waals surface area contributed by atoms with E-state index in [0.717, 1.165) is 6.54 Å². The number of nitrogens with zero attached hydrogens (tertiary/aromatic N) is 4. The van der Waals surface area contributed by atoms with Crippen LogP contribution in [0.2, 0.25) is 0 Å². The van der Waals surface area contributed by atoms with E-state index in [4.69, 9.17) is 0 Å². The third kappa shape index (κ3) is 3.84. The number of ether oxygens (including phenoxy) is 1. The normalized spacial score (nSPS) is 10.3. The van der Waals surface area contributed by atoms with Crippen LogP contribution in [0.25, 0.3) is 0 Å². The van der Waals surface area contributed by atoms with Crippen molar-refractivity contribution in [2.24, 2.45) is 0 Å². The lowest BCUT2D eigenvalue weighted by atomic mass is 10.6. The molecule has 84 valence electrons. The molecule has 0 aromatic carbocycles.